The number of aromatic nitrogens is 2. The average molecular weight is 442 g/mol. The fourth-order valence-corrected chi connectivity index (χ4v) is 2.93. The van der Waals surface area contributed by atoms with Gasteiger partial charge < -0.3 is 10.1 Å². The molecule has 28 heavy (non-hydrogen) atoms. The molecular weight excluding hydrogens is 431 g/mol. The van der Waals surface area contributed by atoms with Gasteiger partial charge in [0.2, 0.25) is 0 Å². The lowest BCUT2D eigenvalue weighted by Crippen LogP contribution is -2.15. The minimum atomic E-state index is -0.638. The van der Waals surface area contributed by atoms with E-state index in [9.17, 15) is 14.9 Å². The Labute approximate surface area is 173 Å². The van der Waals surface area contributed by atoms with Gasteiger partial charge in [-0.1, -0.05) is 40.9 Å². The van der Waals surface area contributed by atoms with Crippen molar-refractivity contribution >= 4 is 52.1 Å². The molecule has 3 rings (SSSR count). The second kappa shape index (κ2) is 8.47. The first kappa shape index (κ1) is 19.9. The van der Waals surface area contributed by atoms with Gasteiger partial charge in [-0.25, -0.2) is 4.68 Å². The molecule has 0 fully saturated rings. The molecule has 0 saturated carbocycles. The van der Waals surface area contributed by atoms with E-state index in [0.717, 1.165) is 6.07 Å². The number of para-hydroxylation sites is 1. The number of anilines is 1. The predicted octanol–water partition coefficient (Wildman–Crippen LogP) is 5.04. The van der Waals surface area contributed by atoms with E-state index in [2.05, 4.69) is 10.4 Å². The van der Waals surface area contributed by atoms with Crippen molar-refractivity contribution in [1.82, 2.24) is 9.78 Å². The summed E-state index contributed by atoms with van der Waals surface area (Å²) in [5.41, 5.74) is -0.275. The normalized spacial score (nSPS) is 10.5. The van der Waals surface area contributed by atoms with Crippen molar-refractivity contribution in [2.24, 2.45) is 0 Å². The van der Waals surface area contributed by atoms with Gasteiger partial charge in [0.15, 0.2) is 18.2 Å². The molecule has 0 spiro atoms. The van der Waals surface area contributed by atoms with Crippen molar-refractivity contribution in [3.8, 4) is 5.75 Å². The molecule has 1 aromatic heterocycles. The van der Waals surface area contributed by atoms with E-state index < -0.39 is 10.8 Å². The lowest BCUT2D eigenvalue weighted by atomic mass is 10.2. The molecule has 1 heterocycles. The average Bonchev–Trinajstić information content (AvgIpc) is 3.12. The maximum Gasteiger partial charge on any atom is 0.294 e. The fraction of sp³-hybridized carbons (Fsp3) is 0.0588. The van der Waals surface area contributed by atoms with Gasteiger partial charge in [0, 0.05) is 17.3 Å². The molecule has 1 amide bonds. The third-order valence-electron chi connectivity index (χ3n) is 3.54. The van der Waals surface area contributed by atoms with Gasteiger partial charge >= 0.3 is 0 Å². The number of amides is 1. The Morgan fingerprint density at radius 3 is 2.57 bits per heavy atom. The van der Waals surface area contributed by atoms with Crippen LogP contribution in [0.15, 0.2) is 48.7 Å². The second-order valence-corrected chi connectivity index (χ2v) is 6.69. The third kappa shape index (κ3) is 4.53. The summed E-state index contributed by atoms with van der Waals surface area (Å²) in [5.74, 6) is -0.330. The molecule has 1 N–H and O–H groups in total. The predicted molar refractivity (Wildman–Crippen MR) is 105 cm³/mol. The highest BCUT2D eigenvalue weighted by Gasteiger charge is 2.18. The number of nitrogens with zero attached hydrogens (tertiary/aromatic N) is 3. The first-order chi connectivity index (χ1) is 13.3. The number of rotatable bonds is 6. The van der Waals surface area contributed by atoms with Crippen molar-refractivity contribution in [2.75, 3.05) is 5.32 Å². The molecule has 0 unspecified atom stereocenters. The Morgan fingerprint density at radius 1 is 1.18 bits per heavy atom. The summed E-state index contributed by atoms with van der Waals surface area (Å²) in [6.07, 6.45) is 1.51. The number of nitro groups is 1. The Balaban J connectivity index is 1.70. The van der Waals surface area contributed by atoms with Gasteiger partial charge in [-0.3, -0.25) is 14.9 Å². The summed E-state index contributed by atoms with van der Waals surface area (Å²) in [4.78, 5) is 22.8. The van der Waals surface area contributed by atoms with Gasteiger partial charge in [-0.2, -0.15) is 5.10 Å². The van der Waals surface area contributed by atoms with Crippen molar-refractivity contribution in [3.05, 3.63) is 79.5 Å². The minimum Gasteiger partial charge on any atom is -0.468 e. The van der Waals surface area contributed by atoms with Crippen LogP contribution in [0.3, 0.4) is 0 Å². The molecule has 0 aliphatic carbocycles. The molecule has 3 aromatic rings. The van der Waals surface area contributed by atoms with Crippen LogP contribution in [0, 0.1) is 10.1 Å². The first-order valence-corrected chi connectivity index (χ1v) is 8.84. The maximum absolute atomic E-state index is 12.3. The summed E-state index contributed by atoms with van der Waals surface area (Å²) >= 11 is 17.8. The molecule has 0 radical (unpaired) electrons. The number of carbonyl (C=O) groups excluding carboxylic acids is 1. The van der Waals surface area contributed by atoms with E-state index in [1.807, 2.05) is 0 Å². The maximum atomic E-state index is 12.3. The Morgan fingerprint density at radius 2 is 1.89 bits per heavy atom. The van der Waals surface area contributed by atoms with E-state index in [1.165, 1.54) is 29.1 Å². The highest BCUT2D eigenvalue weighted by molar-refractivity contribution is 6.37. The van der Waals surface area contributed by atoms with E-state index in [0.29, 0.717) is 15.8 Å². The van der Waals surface area contributed by atoms with Crippen LogP contribution in [-0.4, -0.2) is 20.6 Å². The number of benzene rings is 2. The van der Waals surface area contributed by atoms with E-state index >= 15 is 0 Å². The van der Waals surface area contributed by atoms with E-state index in [-0.39, 0.29) is 28.8 Å². The third-order valence-corrected chi connectivity index (χ3v) is 4.37. The van der Waals surface area contributed by atoms with E-state index in [4.69, 9.17) is 39.5 Å². The lowest BCUT2D eigenvalue weighted by Gasteiger charge is -2.09. The quantitative estimate of drug-likeness (QED) is 0.427. The van der Waals surface area contributed by atoms with Crippen molar-refractivity contribution in [2.45, 2.75) is 6.73 Å². The zero-order valence-corrected chi connectivity index (χ0v) is 16.2. The number of carbonyl (C=O) groups is 1. The van der Waals surface area contributed by atoms with Crippen LogP contribution in [0.25, 0.3) is 0 Å². The number of nitrogens with one attached hydrogen (secondary N) is 1. The van der Waals surface area contributed by atoms with Gasteiger partial charge in [-0.15, -0.1) is 0 Å². The SMILES string of the molecule is O=C(Nc1ccc(Cl)cc1[N+](=O)[O-])c1ccn(COc2c(Cl)cccc2Cl)n1. The molecule has 0 bridgehead atoms. The first-order valence-electron chi connectivity index (χ1n) is 7.70. The van der Waals surface area contributed by atoms with Crippen LogP contribution in [0.1, 0.15) is 10.5 Å². The standard InChI is InChI=1S/C17H11Cl3N4O4/c18-10-4-5-13(15(8-10)24(26)27)21-17(25)14-6-7-23(22-14)9-28-16-11(19)2-1-3-12(16)20/h1-8H,9H2,(H,21,25). The highest BCUT2D eigenvalue weighted by Crippen LogP contribution is 2.32. The van der Waals surface area contributed by atoms with Crippen molar-refractivity contribution in [1.29, 1.82) is 0 Å². The number of hydrogen-bond donors (Lipinski definition) is 1. The van der Waals surface area contributed by atoms with Crippen LogP contribution >= 0.6 is 34.8 Å². The van der Waals surface area contributed by atoms with Crippen LogP contribution in [0.4, 0.5) is 11.4 Å². The lowest BCUT2D eigenvalue weighted by molar-refractivity contribution is -0.383. The molecule has 0 atom stereocenters. The Bertz CT molecular complexity index is 1030. The Kier molecular flexibility index (Phi) is 6.03. The minimum absolute atomic E-state index is 0.00745. The van der Waals surface area contributed by atoms with E-state index in [1.54, 1.807) is 18.2 Å². The molecule has 2 aromatic carbocycles. The Hall–Kier alpha value is -2.81. The molecular formula is C17H11Cl3N4O4. The van der Waals surface area contributed by atoms with Crippen LogP contribution < -0.4 is 10.1 Å². The van der Waals surface area contributed by atoms with Crippen LogP contribution in [-0.2, 0) is 6.73 Å². The van der Waals surface area contributed by atoms with Crippen molar-refractivity contribution in [3.63, 3.8) is 0 Å². The number of ether oxygens (including phenoxy) is 1. The number of nitro benzene ring substituents is 1. The molecule has 0 saturated heterocycles. The summed E-state index contributed by atoms with van der Waals surface area (Å²) in [5, 5.41) is 18.5. The monoisotopic (exact) mass is 440 g/mol. The molecule has 8 nitrogen and oxygen atoms in total. The number of halogens is 3. The fourth-order valence-electron chi connectivity index (χ4n) is 2.25. The topological polar surface area (TPSA) is 99.3 Å². The molecule has 0 aliphatic rings. The van der Waals surface area contributed by atoms with Crippen LogP contribution in [0.5, 0.6) is 5.75 Å². The van der Waals surface area contributed by atoms with Crippen LogP contribution in [0.2, 0.25) is 15.1 Å². The van der Waals surface area contributed by atoms with Gasteiger partial charge in [0.1, 0.15) is 5.69 Å². The van der Waals surface area contributed by atoms with Gasteiger partial charge in [0.25, 0.3) is 11.6 Å². The molecule has 11 heteroatoms. The van der Waals surface area contributed by atoms with Gasteiger partial charge in [-0.05, 0) is 30.3 Å². The summed E-state index contributed by atoms with van der Waals surface area (Å²) in [7, 11) is 0. The number of hydrogen-bond acceptors (Lipinski definition) is 5. The largest absolute Gasteiger partial charge is 0.468 e. The zero-order valence-electron chi connectivity index (χ0n) is 13.9. The highest BCUT2D eigenvalue weighted by atomic mass is 35.5. The molecule has 0 aliphatic heterocycles. The summed E-state index contributed by atoms with van der Waals surface area (Å²) in [6.45, 7) is -0.0438. The zero-order chi connectivity index (χ0) is 20.3. The smallest absolute Gasteiger partial charge is 0.294 e. The summed E-state index contributed by atoms with van der Waals surface area (Å²) < 4.78 is 6.88. The second-order valence-electron chi connectivity index (χ2n) is 5.44. The van der Waals surface area contributed by atoms with Crippen molar-refractivity contribution < 1.29 is 14.5 Å². The summed E-state index contributed by atoms with van der Waals surface area (Å²) in [6, 6.07) is 10.3. The van der Waals surface area contributed by atoms with Gasteiger partial charge in [0.05, 0.1) is 15.0 Å². The molecule has 144 valence electrons.